The van der Waals surface area contributed by atoms with Crippen molar-refractivity contribution in [3.63, 3.8) is 0 Å². The Balaban J connectivity index is 1.49. The van der Waals surface area contributed by atoms with Crippen LogP contribution in [0.25, 0.3) is 0 Å². The van der Waals surface area contributed by atoms with Crippen LogP contribution < -0.4 is 15.5 Å². The van der Waals surface area contributed by atoms with Gasteiger partial charge >= 0.3 is 0 Å². The molecule has 2 fully saturated rings. The normalized spacial score (nSPS) is 17.2. The molecule has 0 unspecified atom stereocenters. The average Bonchev–Trinajstić information content (AvgIpc) is 3.40. The molecule has 2 aliphatic heterocycles. The number of hydrogen-bond acceptors (Lipinski definition) is 9. The third kappa shape index (κ3) is 7.51. The zero-order valence-electron chi connectivity index (χ0n) is 21.6. The van der Waals surface area contributed by atoms with Gasteiger partial charge in [0.15, 0.2) is 5.69 Å². The molecule has 202 valence electrons. The van der Waals surface area contributed by atoms with E-state index in [2.05, 4.69) is 20.5 Å². The van der Waals surface area contributed by atoms with Gasteiger partial charge in [0, 0.05) is 52.5 Å². The Kier molecular flexibility index (Phi) is 9.51. The van der Waals surface area contributed by atoms with Gasteiger partial charge in [0.05, 0.1) is 24.0 Å². The van der Waals surface area contributed by atoms with Gasteiger partial charge in [-0.25, -0.2) is 0 Å². The second-order valence-electron chi connectivity index (χ2n) is 9.66. The number of piperidine rings is 1. The SMILES string of the molecule is COCCN(C)Cc1ccc(NC(=O)c2coc(N3CCC(O)CC3)n2)c(C(=O)NC2CCOCC2)c1. The standard InChI is InChI=1S/C26H37N5O6/c1-30(11-14-35-2)16-18-3-4-22(21(15-18)24(33)27-19-7-12-36-13-8-19)28-25(34)23-17-37-26(29-23)31-9-5-20(32)6-10-31/h3-4,15,17,19-20,32H,5-14,16H2,1-2H3,(H,27,33)(H,28,34). The van der Waals surface area contributed by atoms with Gasteiger partial charge in [-0.3, -0.25) is 14.5 Å². The van der Waals surface area contributed by atoms with Crippen molar-refractivity contribution in [1.29, 1.82) is 0 Å². The molecule has 3 N–H and O–H groups in total. The minimum Gasteiger partial charge on any atom is -0.431 e. The number of amides is 2. The van der Waals surface area contributed by atoms with Crippen LogP contribution in [0.15, 0.2) is 28.9 Å². The molecule has 37 heavy (non-hydrogen) atoms. The van der Waals surface area contributed by atoms with Gasteiger partial charge in [-0.2, -0.15) is 4.98 Å². The number of likely N-dealkylation sites (N-methyl/N-ethyl adjacent to an activating group) is 1. The number of methoxy groups -OCH3 is 1. The van der Waals surface area contributed by atoms with Crippen LogP contribution in [0.1, 0.15) is 52.1 Å². The quantitative estimate of drug-likeness (QED) is 0.434. The van der Waals surface area contributed by atoms with Gasteiger partial charge in [0.1, 0.15) is 6.26 Å². The summed E-state index contributed by atoms with van der Waals surface area (Å²) in [5.74, 6) is -0.701. The largest absolute Gasteiger partial charge is 0.431 e. The number of aliphatic hydroxyl groups is 1. The molecule has 2 aliphatic rings. The van der Waals surface area contributed by atoms with E-state index in [4.69, 9.17) is 13.9 Å². The number of carbonyl (C=O) groups is 2. The molecule has 1 aromatic heterocycles. The Hall–Kier alpha value is -2.99. The van der Waals surface area contributed by atoms with Crippen LogP contribution in [0.3, 0.4) is 0 Å². The van der Waals surface area contributed by atoms with Crippen LogP contribution in [0, 0.1) is 0 Å². The van der Waals surface area contributed by atoms with E-state index < -0.39 is 5.91 Å². The molecule has 0 aliphatic carbocycles. The molecule has 0 bridgehead atoms. The third-order valence-corrected chi connectivity index (χ3v) is 6.72. The number of aromatic nitrogens is 1. The number of nitrogens with one attached hydrogen (secondary N) is 2. The fourth-order valence-electron chi connectivity index (χ4n) is 4.49. The molecule has 2 saturated heterocycles. The number of rotatable bonds is 10. The number of nitrogens with zero attached hydrogens (tertiary/aromatic N) is 3. The van der Waals surface area contributed by atoms with E-state index in [1.807, 2.05) is 24.1 Å². The van der Waals surface area contributed by atoms with Crippen molar-refractivity contribution in [3.05, 3.63) is 41.3 Å². The first-order valence-electron chi connectivity index (χ1n) is 12.8. The highest BCUT2D eigenvalue weighted by molar-refractivity contribution is 6.08. The highest BCUT2D eigenvalue weighted by Crippen LogP contribution is 2.23. The Morgan fingerprint density at radius 3 is 2.68 bits per heavy atom. The van der Waals surface area contributed by atoms with Crippen LogP contribution in [0.4, 0.5) is 11.7 Å². The molecular weight excluding hydrogens is 478 g/mol. The average molecular weight is 516 g/mol. The minimum atomic E-state index is -0.461. The summed E-state index contributed by atoms with van der Waals surface area (Å²) in [5.41, 5.74) is 1.87. The lowest BCUT2D eigenvalue weighted by Crippen LogP contribution is -2.39. The van der Waals surface area contributed by atoms with E-state index in [9.17, 15) is 14.7 Å². The first kappa shape index (κ1) is 27.1. The zero-order chi connectivity index (χ0) is 26.2. The van der Waals surface area contributed by atoms with Crippen LogP contribution in [-0.2, 0) is 16.0 Å². The predicted molar refractivity (Wildman–Crippen MR) is 138 cm³/mol. The maximum Gasteiger partial charge on any atom is 0.297 e. The summed E-state index contributed by atoms with van der Waals surface area (Å²) in [6.45, 7) is 4.45. The molecule has 11 nitrogen and oxygen atoms in total. The van der Waals surface area contributed by atoms with Crippen molar-refractivity contribution in [2.24, 2.45) is 0 Å². The van der Waals surface area contributed by atoms with E-state index in [1.165, 1.54) is 6.26 Å². The van der Waals surface area contributed by atoms with Crippen molar-refractivity contribution in [2.75, 3.05) is 63.8 Å². The van der Waals surface area contributed by atoms with Gasteiger partial charge < -0.3 is 34.5 Å². The number of aliphatic hydroxyl groups excluding tert-OH is 1. The van der Waals surface area contributed by atoms with Gasteiger partial charge in [-0.1, -0.05) is 6.07 Å². The molecule has 4 rings (SSSR count). The summed E-state index contributed by atoms with van der Waals surface area (Å²) in [4.78, 5) is 34.7. The molecule has 11 heteroatoms. The lowest BCUT2D eigenvalue weighted by molar-refractivity contribution is 0.0696. The Bertz CT molecular complexity index is 1050. The lowest BCUT2D eigenvalue weighted by Gasteiger charge is -2.27. The summed E-state index contributed by atoms with van der Waals surface area (Å²) >= 11 is 0. The van der Waals surface area contributed by atoms with E-state index in [0.29, 0.717) is 69.6 Å². The third-order valence-electron chi connectivity index (χ3n) is 6.72. The predicted octanol–water partition coefficient (Wildman–Crippen LogP) is 1.88. The van der Waals surface area contributed by atoms with Crippen LogP contribution in [0.2, 0.25) is 0 Å². The molecule has 2 amide bonds. The molecule has 0 spiro atoms. The minimum absolute atomic E-state index is 0.0268. The number of benzene rings is 1. The number of carbonyl (C=O) groups excluding carboxylic acids is 2. The molecule has 0 atom stereocenters. The number of oxazole rings is 1. The van der Waals surface area contributed by atoms with Crippen LogP contribution in [0.5, 0.6) is 0 Å². The summed E-state index contributed by atoms with van der Waals surface area (Å²) in [6.07, 6.45) is 3.76. The van der Waals surface area contributed by atoms with Crippen molar-refractivity contribution in [1.82, 2.24) is 15.2 Å². The van der Waals surface area contributed by atoms with Crippen LogP contribution >= 0.6 is 0 Å². The molecule has 3 heterocycles. The maximum absolute atomic E-state index is 13.3. The van der Waals surface area contributed by atoms with Gasteiger partial charge in [0.25, 0.3) is 17.8 Å². The summed E-state index contributed by atoms with van der Waals surface area (Å²) in [6, 6.07) is 5.85. The number of anilines is 2. The fraction of sp³-hybridized carbons (Fsp3) is 0.577. The van der Waals surface area contributed by atoms with Crippen LogP contribution in [-0.4, -0.2) is 92.6 Å². The molecule has 1 aromatic carbocycles. The molecule has 0 saturated carbocycles. The summed E-state index contributed by atoms with van der Waals surface area (Å²) in [5, 5.41) is 15.7. The second kappa shape index (κ2) is 13.0. The maximum atomic E-state index is 13.3. The zero-order valence-corrected chi connectivity index (χ0v) is 21.6. The summed E-state index contributed by atoms with van der Waals surface area (Å²) in [7, 11) is 3.65. The van der Waals surface area contributed by atoms with Crippen molar-refractivity contribution < 1.29 is 28.6 Å². The van der Waals surface area contributed by atoms with E-state index >= 15 is 0 Å². The second-order valence-corrected chi connectivity index (χ2v) is 9.66. The number of ether oxygens (including phenoxy) is 2. The smallest absolute Gasteiger partial charge is 0.297 e. The Morgan fingerprint density at radius 1 is 1.19 bits per heavy atom. The van der Waals surface area contributed by atoms with Gasteiger partial charge in [0.2, 0.25) is 0 Å². The highest BCUT2D eigenvalue weighted by atomic mass is 16.5. The Labute approximate surface area is 217 Å². The topological polar surface area (TPSA) is 129 Å². The molecule has 2 aromatic rings. The fourth-order valence-corrected chi connectivity index (χ4v) is 4.49. The van der Waals surface area contributed by atoms with Gasteiger partial charge in [-0.05, 0) is 50.4 Å². The first-order chi connectivity index (χ1) is 17.9. The van der Waals surface area contributed by atoms with E-state index in [0.717, 1.165) is 24.9 Å². The van der Waals surface area contributed by atoms with Gasteiger partial charge in [-0.15, -0.1) is 0 Å². The summed E-state index contributed by atoms with van der Waals surface area (Å²) < 4.78 is 16.1. The van der Waals surface area contributed by atoms with Crippen molar-refractivity contribution >= 4 is 23.5 Å². The first-order valence-corrected chi connectivity index (χ1v) is 12.8. The monoisotopic (exact) mass is 515 g/mol. The van der Waals surface area contributed by atoms with E-state index in [-0.39, 0.29) is 23.7 Å². The van der Waals surface area contributed by atoms with E-state index in [1.54, 1.807) is 13.2 Å². The van der Waals surface area contributed by atoms with Crippen molar-refractivity contribution in [3.8, 4) is 0 Å². The Morgan fingerprint density at radius 2 is 1.95 bits per heavy atom. The lowest BCUT2D eigenvalue weighted by atomic mass is 10.0. The number of hydrogen-bond donors (Lipinski definition) is 3. The highest BCUT2D eigenvalue weighted by Gasteiger charge is 2.24. The van der Waals surface area contributed by atoms with Crippen molar-refractivity contribution in [2.45, 2.75) is 44.4 Å². The molecular formula is C26H37N5O6. The molecule has 0 radical (unpaired) electrons.